The van der Waals surface area contributed by atoms with Crippen molar-refractivity contribution in [2.24, 2.45) is 35.5 Å². The van der Waals surface area contributed by atoms with Crippen molar-refractivity contribution in [3.8, 4) is 0 Å². The van der Waals surface area contributed by atoms with Gasteiger partial charge in [0.25, 0.3) is 0 Å². The van der Waals surface area contributed by atoms with Crippen molar-refractivity contribution in [1.29, 1.82) is 0 Å². The Bertz CT molecular complexity index is 509. The maximum atomic E-state index is 2.64. The molecule has 0 aromatic carbocycles. The minimum atomic E-state index is 0.732. The molecule has 0 radical (unpaired) electrons. The van der Waals surface area contributed by atoms with E-state index in [1.807, 2.05) is 0 Å². The van der Waals surface area contributed by atoms with Crippen LogP contribution in [0.3, 0.4) is 0 Å². The van der Waals surface area contributed by atoms with Gasteiger partial charge in [-0.25, -0.2) is 0 Å². The minimum absolute atomic E-state index is 0.732. The number of unbranched alkanes of at least 4 members (excludes halogenated alkanes) is 2. The Hall–Kier alpha value is -1.04. The minimum Gasteiger partial charge on any atom is -0.0799 e. The molecule has 0 heteroatoms. The van der Waals surface area contributed by atoms with Crippen molar-refractivity contribution >= 4 is 0 Å². The molecule has 1 saturated carbocycles. The first-order chi connectivity index (χ1) is 12.1. The molecular formula is C25H38. The lowest BCUT2D eigenvalue weighted by Crippen LogP contribution is -2.18. The normalized spacial score (nSPS) is 32.6. The van der Waals surface area contributed by atoms with E-state index in [4.69, 9.17) is 0 Å². The number of hydrogen-bond acceptors (Lipinski definition) is 0. The molecule has 0 aromatic rings. The maximum Gasteiger partial charge on any atom is -0.00981 e. The van der Waals surface area contributed by atoms with Gasteiger partial charge in [0.15, 0.2) is 0 Å². The molecule has 0 heterocycles. The van der Waals surface area contributed by atoms with Crippen LogP contribution in [0.4, 0.5) is 0 Å². The highest BCUT2D eigenvalue weighted by Gasteiger charge is 2.41. The van der Waals surface area contributed by atoms with Crippen LogP contribution in [0, 0.1) is 35.5 Å². The summed E-state index contributed by atoms with van der Waals surface area (Å²) in [6.07, 6.45) is 24.7. The van der Waals surface area contributed by atoms with Crippen LogP contribution in [0.15, 0.2) is 47.6 Å². The SMILES string of the molecule is CCCC[C@@H](C)C1=CC2CC3C=C([C@@H](C)CCCC)C=CC3C2C=C1. The van der Waals surface area contributed by atoms with E-state index in [0.717, 1.165) is 35.5 Å². The molecule has 0 saturated heterocycles. The van der Waals surface area contributed by atoms with E-state index in [9.17, 15) is 0 Å². The van der Waals surface area contributed by atoms with Gasteiger partial charge < -0.3 is 0 Å². The van der Waals surface area contributed by atoms with Crippen molar-refractivity contribution in [1.82, 2.24) is 0 Å². The summed E-state index contributed by atoms with van der Waals surface area (Å²) in [4.78, 5) is 0. The zero-order chi connectivity index (χ0) is 17.8. The van der Waals surface area contributed by atoms with Gasteiger partial charge in [-0.2, -0.15) is 0 Å². The summed E-state index contributed by atoms with van der Waals surface area (Å²) in [6, 6.07) is 0. The first-order valence-electron chi connectivity index (χ1n) is 10.9. The molecule has 3 rings (SSSR count). The molecule has 0 bridgehead atoms. The quantitative estimate of drug-likeness (QED) is 0.430. The summed E-state index contributed by atoms with van der Waals surface area (Å²) >= 11 is 0. The predicted molar refractivity (Wildman–Crippen MR) is 110 cm³/mol. The molecular weight excluding hydrogens is 300 g/mol. The molecule has 0 aromatic heterocycles. The fraction of sp³-hybridized carbons (Fsp3) is 0.680. The summed E-state index contributed by atoms with van der Waals surface area (Å²) < 4.78 is 0. The molecule has 4 unspecified atom stereocenters. The van der Waals surface area contributed by atoms with Gasteiger partial charge in [-0.05, 0) is 65.9 Å². The summed E-state index contributed by atoms with van der Waals surface area (Å²) in [5.74, 6) is 4.49. The molecule has 25 heavy (non-hydrogen) atoms. The van der Waals surface area contributed by atoms with E-state index in [-0.39, 0.29) is 0 Å². The Labute approximate surface area is 156 Å². The molecule has 0 amide bonds. The summed E-state index contributed by atoms with van der Waals surface area (Å²) in [5.41, 5.74) is 3.22. The van der Waals surface area contributed by atoms with Gasteiger partial charge in [-0.15, -0.1) is 0 Å². The van der Waals surface area contributed by atoms with Gasteiger partial charge in [0.05, 0.1) is 0 Å². The molecule has 0 aliphatic heterocycles. The van der Waals surface area contributed by atoms with Crippen LogP contribution < -0.4 is 0 Å². The van der Waals surface area contributed by atoms with Gasteiger partial charge >= 0.3 is 0 Å². The molecule has 3 aliphatic rings. The Morgan fingerprint density at radius 3 is 1.64 bits per heavy atom. The summed E-state index contributed by atoms with van der Waals surface area (Å²) in [7, 11) is 0. The Morgan fingerprint density at radius 2 is 1.24 bits per heavy atom. The van der Waals surface area contributed by atoms with Gasteiger partial charge in [0.2, 0.25) is 0 Å². The second-order valence-corrected chi connectivity index (χ2v) is 8.86. The van der Waals surface area contributed by atoms with E-state index in [0.29, 0.717) is 0 Å². The predicted octanol–water partition coefficient (Wildman–Crippen LogP) is 7.50. The monoisotopic (exact) mass is 338 g/mol. The second-order valence-electron chi connectivity index (χ2n) is 8.86. The number of hydrogen-bond donors (Lipinski definition) is 0. The van der Waals surface area contributed by atoms with Gasteiger partial charge in [-0.1, -0.05) is 89.8 Å². The standard InChI is InChI=1S/C25H38/c1-5-7-9-18(3)20-11-13-24-22(15-20)17-23-16-21(12-14-25(23)24)19(4)10-8-6-2/h11-16,18-19,22-25H,5-10,17H2,1-4H3/t18-,19+,22?,23?,24?,25?. The first kappa shape index (κ1) is 18.7. The van der Waals surface area contributed by atoms with E-state index in [1.54, 1.807) is 11.1 Å². The molecule has 0 nitrogen and oxygen atoms in total. The van der Waals surface area contributed by atoms with Crippen LogP contribution in [-0.4, -0.2) is 0 Å². The first-order valence-corrected chi connectivity index (χ1v) is 10.9. The highest BCUT2D eigenvalue weighted by atomic mass is 14.4. The second kappa shape index (κ2) is 8.56. The average molecular weight is 339 g/mol. The van der Waals surface area contributed by atoms with Crippen LogP contribution in [0.2, 0.25) is 0 Å². The smallest absolute Gasteiger partial charge is 0.00981 e. The zero-order valence-electron chi connectivity index (χ0n) is 16.9. The zero-order valence-corrected chi connectivity index (χ0v) is 16.9. The largest absolute Gasteiger partial charge is 0.0799 e. The van der Waals surface area contributed by atoms with Crippen LogP contribution >= 0.6 is 0 Å². The van der Waals surface area contributed by atoms with Gasteiger partial charge in [0.1, 0.15) is 0 Å². The van der Waals surface area contributed by atoms with Crippen molar-refractivity contribution in [3.05, 3.63) is 47.6 Å². The van der Waals surface area contributed by atoms with E-state index in [2.05, 4.69) is 64.2 Å². The van der Waals surface area contributed by atoms with Crippen molar-refractivity contribution < 1.29 is 0 Å². The lowest BCUT2D eigenvalue weighted by molar-refractivity contribution is 0.448. The van der Waals surface area contributed by atoms with Crippen LogP contribution in [0.1, 0.15) is 72.6 Å². The highest BCUT2D eigenvalue weighted by Crippen LogP contribution is 2.50. The summed E-state index contributed by atoms with van der Waals surface area (Å²) in [6.45, 7) is 9.43. The maximum absolute atomic E-state index is 2.64. The van der Waals surface area contributed by atoms with E-state index < -0.39 is 0 Å². The Kier molecular flexibility index (Phi) is 6.42. The summed E-state index contributed by atoms with van der Waals surface area (Å²) in [5, 5.41) is 0. The van der Waals surface area contributed by atoms with Crippen molar-refractivity contribution in [2.75, 3.05) is 0 Å². The third-order valence-corrected chi connectivity index (χ3v) is 6.93. The van der Waals surface area contributed by atoms with Gasteiger partial charge in [-0.3, -0.25) is 0 Å². The highest BCUT2D eigenvalue weighted by molar-refractivity contribution is 5.35. The average Bonchev–Trinajstić information content (AvgIpc) is 3.00. The lowest BCUT2D eigenvalue weighted by Gasteiger charge is -2.27. The topological polar surface area (TPSA) is 0 Å². The number of allylic oxidation sites excluding steroid dienone is 8. The van der Waals surface area contributed by atoms with E-state index >= 15 is 0 Å². The third-order valence-electron chi connectivity index (χ3n) is 6.93. The van der Waals surface area contributed by atoms with Crippen LogP contribution in [0.5, 0.6) is 0 Å². The van der Waals surface area contributed by atoms with Crippen LogP contribution in [0.25, 0.3) is 0 Å². The van der Waals surface area contributed by atoms with Crippen molar-refractivity contribution in [3.63, 3.8) is 0 Å². The molecule has 138 valence electrons. The molecule has 3 aliphatic carbocycles. The molecule has 1 fully saturated rings. The molecule has 0 N–H and O–H groups in total. The van der Waals surface area contributed by atoms with E-state index in [1.165, 1.54) is 44.9 Å². The van der Waals surface area contributed by atoms with Crippen molar-refractivity contribution in [2.45, 2.75) is 72.6 Å². The Morgan fingerprint density at radius 1 is 0.800 bits per heavy atom. The fourth-order valence-corrected chi connectivity index (χ4v) is 5.16. The fourth-order valence-electron chi connectivity index (χ4n) is 5.16. The number of fused-ring (bicyclic) bond motifs is 3. The molecule has 0 spiro atoms. The van der Waals surface area contributed by atoms with Crippen LogP contribution in [-0.2, 0) is 0 Å². The molecule has 6 atom stereocenters. The Balaban J connectivity index is 1.66. The lowest BCUT2D eigenvalue weighted by atomic mass is 9.78. The third kappa shape index (κ3) is 4.21. The van der Waals surface area contributed by atoms with Gasteiger partial charge in [0, 0.05) is 0 Å². The number of rotatable bonds is 8.